The molecule has 0 saturated carbocycles. The van der Waals surface area contributed by atoms with Crippen molar-refractivity contribution in [1.82, 2.24) is 0 Å². The summed E-state index contributed by atoms with van der Waals surface area (Å²) in [6.45, 7) is 0. The molecular formula is C11H13NO4. The minimum Gasteiger partial charge on any atom is -0.390 e. The van der Waals surface area contributed by atoms with E-state index in [1.54, 1.807) is 12.1 Å². The number of primary amides is 1. The Morgan fingerprint density at radius 2 is 2.00 bits per heavy atom. The average Bonchev–Trinajstić information content (AvgIpc) is 2.27. The standard InChI is InChI=1S/C11H13NO4/c12-10(15)5-9(14)11(16)8-4-2-1-3-7(8)6-13/h1-4,6,9,11,14,16H,5H2,(H2,12,15). The van der Waals surface area contributed by atoms with E-state index in [0.717, 1.165) is 0 Å². The van der Waals surface area contributed by atoms with E-state index in [1.807, 2.05) is 0 Å². The topological polar surface area (TPSA) is 101 Å². The number of hydrogen-bond donors (Lipinski definition) is 3. The Morgan fingerprint density at radius 3 is 2.56 bits per heavy atom. The minimum atomic E-state index is -1.31. The summed E-state index contributed by atoms with van der Waals surface area (Å²) in [4.78, 5) is 21.3. The SMILES string of the molecule is NC(=O)CC(O)C(O)c1ccccc1C=O. The highest BCUT2D eigenvalue weighted by Gasteiger charge is 2.22. The van der Waals surface area contributed by atoms with Crippen LogP contribution in [0.15, 0.2) is 24.3 Å². The van der Waals surface area contributed by atoms with Gasteiger partial charge in [-0.05, 0) is 5.56 Å². The van der Waals surface area contributed by atoms with E-state index in [1.165, 1.54) is 12.1 Å². The van der Waals surface area contributed by atoms with Gasteiger partial charge in [-0.1, -0.05) is 24.3 Å². The molecule has 0 spiro atoms. The van der Waals surface area contributed by atoms with Crippen molar-refractivity contribution in [2.75, 3.05) is 0 Å². The van der Waals surface area contributed by atoms with E-state index >= 15 is 0 Å². The van der Waals surface area contributed by atoms with Crippen molar-refractivity contribution in [3.05, 3.63) is 35.4 Å². The second-order valence-corrected chi connectivity index (χ2v) is 3.43. The molecule has 0 aromatic heterocycles. The first-order valence-electron chi connectivity index (χ1n) is 4.74. The van der Waals surface area contributed by atoms with Crippen molar-refractivity contribution in [3.63, 3.8) is 0 Å². The van der Waals surface area contributed by atoms with Gasteiger partial charge < -0.3 is 15.9 Å². The number of aldehydes is 1. The van der Waals surface area contributed by atoms with Crippen LogP contribution in [0.25, 0.3) is 0 Å². The van der Waals surface area contributed by atoms with Gasteiger partial charge in [0.25, 0.3) is 0 Å². The van der Waals surface area contributed by atoms with Crippen LogP contribution in [-0.4, -0.2) is 28.5 Å². The highest BCUT2D eigenvalue weighted by molar-refractivity contribution is 5.78. The maximum Gasteiger partial charge on any atom is 0.220 e. The molecule has 4 N–H and O–H groups in total. The van der Waals surface area contributed by atoms with E-state index in [9.17, 15) is 19.8 Å². The number of carbonyl (C=O) groups is 2. The van der Waals surface area contributed by atoms with E-state index in [4.69, 9.17) is 5.73 Å². The van der Waals surface area contributed by atoms with Gasteiger partial charge in [0.1, 0.15) is 12.4 Å². The van der Waals surface area contributed by atoms with Crippen LogP contribution >= 0.6 is 0 Å². The Morgan fingerprint density at radius 1 is 1.38 bits per heavy atom. The predicted molar refractivity (Wildman–Crippen MR) is 56.6 cm³/mol. The van der Waals surface area contributed by atoms with Crippen molar-refractivity contribution < 1.29 is 19.8 Å². The molecule has 5 nitrogen and oxygen atoms in total. The third-order valence-corrected chi connectivity index (χ3v) is 2.22. The van der Waals surface area contributed by atoms with Gasteiger partial charge >= 0.3 is 0 Å². The molecule has 0 aliphatic heterocycles. The third-order valence-electron chi connectivity index (χ3n) is 2.22. The molecule has 0 fully saturated rings. The zero-order valence-corrected chi connectivity index (χ0v) is 8.54. The normalized spacial score (nSPS) is 14.1. The highest BCUT2D eigenvalue weighted by atomic mass is 16.3. The number of amides is 1. The Bertz CT molecular complexity index is 391. The first-order valence-corrected chi connectivity index (χ1v) is 4.74. The van der Waals surface area contributed by atoms with Crippen molar-refractivity contribution in [2.45, 2.75) is 18.6 Å². The molecule has 0 aliphatic carbocycles. The summed E-state index contributed by atoms with van der Waals surface area (Å²) in [6, 6.07) is 6.30. The van der Waals surface area contributed by atoms with Crippen LogP contribution in [0.4, 0.5) is 0 Å². The molecule has 1 aromatic rings. The number of nitrogens with two attached hydrogens (primary N) is 1. The Hall–Kier alpha value is -1.72. The highest BCUT2D eigenvalue weighted by Crippen LogP contribution is 2.21. The van der Waals surface area contributed by atoms with Gasteiger partial charge in [0.2, 0.25) is 5.91 Å². The van der Waals surface area contributed by atoms with Crippen LogP contribution in [0.5, 0.6) is 0 Å². The van der Waals surface area contributed by atoms with E-state index in [2.05, 4.69) is 0 Å². The number of benzene rings is 1. The molecule has 1 aromatic carbocycles. The summed E-state index contributed by atoms with van der Waals surface area (Å²) < 4.78 is 0. The molecule has 0 saturated heterocycles. The zero-order valence-electron chi connectivity index (χ0n) is 8.54. The van der Waals surface area contributed by atoms with Gasteiger partial charge in [-0.3, -0.25) is 9.59 Å². The van der Waals surface area contributed by atoms with Gasteiger partial charge in [0.05, 0.1) is 12.5 Å². The Kier molecular flexibility index (Phi) is 4.16. The Labute approximate surface area is 92.5 Å². The molecule has 0 bridgehead atoms. The molecule has 0 aliphatic rings. The summed E-state index contributed by atoms with van der Waals surface area (Å²) in [5, 5.41) is 19.2. The molecular weight excluding hydrogens is 210 g/mol. The first-order chi connectivity index (χ1) is 7.56. The molecule has 5 heteroatoms. The maximum atomic E-state index is 10.7. The monoisotopic (exact) mass is 223 g/mol. The van der Waals surface area contributed by atoms with Gasteiger partial charge in [-0.2, -0.15) is 0 Å². The summed E-state index contributed by atoms with van der Waals surface area (Å²) in [6.07, 6.45) is -2.38. The van der Waals surface area contributed by atoms with Crippen molar-refractivity contribution in [1.29, 1.82) is 0 Å². The van der Waals surface area contributed by atoms with Crippen molar-refractivity contribution in [3.8, 4) is 0 Å². The predicted octanol–water partition coefficient (Wildman–Crippen LogP) is -0.231. The third kappa shape index (κ3) is 2.88. The quantitative estimate of drug-likeness (QED) is 0.600. The molecule has 2 unspecified atom stereocenters. The van der Waals surface area contributed by atoms with Gasteiger partial charge in [0.15, 0.2) is 0 Å². The number of carbonyl (C=O) groups excluding carboxylic acids is 2. The van der Waals surface area contributed by atoms with Crippen molar-refractivity contribution in [2.24, 2.45) is 5.73 Å². The van der Waals surface area contributed by atoms with Gasteiger partial charge in [0, 0.05) is 5.56 Å². The largest absolute Gasteiger partial charge is 0.390 e. The fourth-order valence-electron chi connectivity index (χ4n) is 1.41. The average molecular weight is 223 g/mol. The number of hydrogen-bond acceptors (Lipinski definition) is 4. The van der Waals surface area contributed by atoms with Crippen LogP contribution in [-0.2, 0) is 4.79 Å². The van der Waals surface area contributed by atoms with Crippen LogP contribution in [0.2, 0.25) is 0 Å². The van der Waals surface area contributed by atoms with E-state index < -0.39 is 18.1 Å². The minimum absolute atomic E-state index is 0.276. The van der Waals surface area contributed by atoms with Gasteiger partial charge in [-0.25, -0.2) is 0 Å². The fourth-order valence-corrected chi connectivity index (χ4v) is 1.41. The van der Waals surface area contributed by atoms with E-state index in [-0.39, 0.29) is 17.5 Å². The van der Waals surface area contributed by atoms with Crippen LogP contribution in [0.1, 0.15) is 28.4 Å². The van der Waals surface area contributed by atoms with Crippen LogP contribution < -0.4 is 5.73 Å². The lowest BCUT2D eigenvalue weighted by atomic mass is 9.97. The van der Waals surface area contributed by atoms with Gasteiger partial charge in [-0.15, -0.1) is 0 Å². The molecule has 0 heterocycles. The molecule has 2 atom stereocenters. The Balaban J connectivity index is 2.90. The second-order valence-electron chi connectivity index (χ2n) is 3.43. The summed E-state index contributed by atoms with van der Waals surface area (Å²) in [5.41, 5.74) is 5.46. The molecule has 16 heavy (non-hydrogen) atoms. The molecule has 0 radical (unpaired) electrons. The molecule has 1 rings (SSSR count). The van der Waals surface area contributed by atoms with Crippen molar-refractivity contribution >= 4 is 12.2 Å². The lowest BCUT2D eigenvalue weighted by molar-refractivity contribution is -0.121. The summed E-state index contributed by atoms with van der Waals surface area (Å²) in [7, 11) is 0. The second kappa shape index (κ2) is 5.39. The number of aliphatic hydroxyl groups excluding tert-OH is 2. The first kappa shape index (κ1) is 12.4. The van der Waals surface area contributed by atoms with Crippen LogP contribution in [0, 0.1) is 0 Å². The maximum absolute atomic E-state index is 10.7. The lowest BCUT2D eigenvalue weighted by Crippen LogP contribution is -2.26. The molecule has 1 amide bonds. The lowest BCUT2D eigenvalue weighted by Gasteiger charge is -2.18. The summed E-state index contributed by atoms with van der Waals surface area (Å²) >= 11 is 0. The number of rotatable bonds is 5. The molecule has 86 valence electrons. The number of aliphatic hydroxyl groups is 2. The zero-order chi connectivity index (χ0) is 12.1. The smallest absolute Gasteiger partial charge is 0.220 e. The van der Waals surface area contributed by atoms with E-state index in [0.29, 0.717) is 6.29 Å². The summed E-state index contributed by atoms with van der Waals surface area (Å²) in [5.74, 6) is -0.713. The van der Waals surface area contributed by atoms with Crippen LogP contribution in [0.3, 0.4) is 0 Å². The fraction of sp³-hybridized carbons (Fsp3) is 0.273.